The molecule has 0 unspecified atom stereocenters. The van der Waals surface area contributed by atoms with Gasteiger partial charge in [-0.2, -0.15) is 9.40 Å². The van der Waals surface area contributed by atoms with Crippen LogP contribution in [0.15, 0.2) is 53.4 Å². The van der Waals surface area contributed by atoms with Crippen LogP contribution >= 0.6 is 0 Å². The second kappa shape index (κ2) is 10.2. The topological polar surface area (TPSA) is 117 Å². The molecule has 4 rings (SSSR count). The Kier molecular flexibility index (Phi) is 7.17. The Balaban J connectivity index is 1.28. The number of nitrogens with one attached hydrogen (secondary N) is 2. The van der Waals surface area contributed by atoms with E-state index < -0.39 is 10.0 Å². The van der Waals surface area contributed by atoms with Crippen molar-refractivity contribution in [1.82, 2.24) is 24.8 Å². The minimum atomic E-state index is -3.58. The van der Waals surface area contributed by atoms with E-state index in [1.807, 2.05) is 6.92 Å². The third-order valence-electron chi connectivity index (χ3n) is 5.43. The SMILES string of the molecule is Cc1ccc(Cc2nc(CCNC(=O)c3ccc(S(=O)(=O)N4CCOCC4)cc3)n[nH]2)cc1. The number of carbonyl (C=O) groups excluding carboxylic acids is 1. The minimum Gasteiger partial charge on any atom is -0.379 e. The highest BCUT2D eigenvalue weighted by Gasteiger charge is 2.26. The number of aryl methyl sites for hydroxylation is 1. The Hall–Kier alpha value is -3.08. The van der Waals surface area contributed by atoms with Crippen LogP contribution in [0.25, 0.3) is 0 Å². The van der Waals surface area contributed by atoms with Crippen LogP contribution in [0, 0.1) is 6.92 Å². The summed E-state index contributed by atoms with van der Waals surface area (Å²) >= 11 is 0. The first-order valence-corrected chi connectivity index (χ1v) is 12.3. The van der Waals surface area contributed by atoms with Crippen LogP contribution in [-0.2, 0) is 27.6 Å². The van der Waals surface area contributed by atoms with Gasteiger partial charge in [-0.1, -0.05) is 29.8 Å². The molecule has 9 nitrogen and oxygen atoms in total. The molecule has 0 radical (unpaired) electrons. The first-order valence-electron chi connectivity index (χ1n) is 10.8. The zero-order chi connectivity index (χ0) is 23.3. The van der Waals surface area contributed by atoms with Crippen molar-refractivity contribution in [2.75, 3.05) is 32.8 Å². The van der Waals surface area contributed by atoms with E-state index in [9.17, 15) is 13.2 Å². The average molecular weight is 470 g/mol. The fourth-order valence-corrected chi connectivity index (χ4v) is 4.94. The van der Waals surface area contributed by atoms with Gasteiger partial charge >= 0.3 is 0 Å². The summed E-state index contributed by atoms with van der Waals surface area (Å²) < 4.78 is 32.0. The van der Waals surface area contributed by atoms with E-state index in [4.69, 9.17) is 4.74 Å². The minimum absolute atomic E-state index is 0.169. The van der Waals surface area contributed by atoms with Crippen LogP contribution in [0.5, 0.6) is 0 Å². The number of aromatic nitrogens is 3. The number of hydrogen-bond acceptors (Lipinski definition) is 6. The molecular weight excluding hydrogens is 442 g/mol. The highest BCUT2D eigenvalue weighted by atomic mass is 32.2. The van der Waals surface area contributed by atoms with E-state index in [2.05, 4.69) is 44.8 Å². The smallest absolute Gasteiger partial charge is 0.251 e. The highest BCUT2D eigenvalue weighted by Crippen LogP contribution is 2.17. The Labute approximate surface area is 193 Å². The Bertz CT molecular complexity index is 1180. The molecule has 3 aromatic rings. The van der Waals surface area contributed by atoms with Crippen molar-refractivity contribution in [3.8, 4) is 0 Å². The van der Waals surface area contributed by atoms with Gasteiger partial charge in [0, 0.05) is 38.0 Å². The standard InChI is InChI=1S/C23H27N5O4S/c1-17-2-4-18(5-3-17)16-22-25-21(26-27-22)10-11-24-23(29)19-6-8-20(9-7-19)33(30,31)28-12-14-32-15-13-28/h2-9H,10-16H2,1H3,(H,24,29)(H,25,26,27). The number of benzene rings is 2. The molecule has 1 fully saturated rings. The summed E-state index contributed by atoms with van der Waals surface area (Å²) in [5.74, 6) is 1.13. The first kappa shape index (κ1) is 23.1. The summed E-state index contributed by atoms with van der Waals surface area (Å²) in [5, 5.41) is 9.98. The molecule has 0 bridgehead atoms. The van der Waals surface area contributed by atoms with Gasteiger partial charge in [0.05, 0.1) is 18.1 Å². The van der Waals surface area contributed by atoms with E-state index in [1.54, 1.807) is 0 Å². The lowest BCUT2D eigenvalue weighted by atomic mass is 10.1. The highest BCUT2D eigenvalue weighted by molar-refractivity contribution is 7.89. The number of H-pyrrole nitrogens is 1. The molecule has 2 aromatic carbocycles. The van der Waals surface area contributed by atoms with E-state index >= 15 is 0 Å². The predicted molar refractivity (Wildman–Crippen MR) is 122 cm³/mol. The lowest BCUT2D eigenvalue weighted by Gasteiger charge is -2.26. The number of sulfonamides is 1. The zero-order valence-electron chi connectivity index (χ0n) is 18.5. The maximum atomic E-state index is 12.7. The Morgan fingerprint density at radius 1 is 1.09 bits per heavy atom. The predicted octanol–water partition coefficient (Wildman–Crippen LogP) is 1.70. The second-order valence-electron chi connectivity index (χ2n) is 7.91. The first-order chi connectivity index (χ1) is 15.9. The Morgan fingerprint density at radius 2 is 1.79 bits per heavy atom. The fraction of sp³-hybridized carbons (Fsp3) is 0.348. The molecule has 1 aliphatic rings. The summed E-state index contributed by atoms with van der Waals surface area (Å²) in [6.07, 6.45) is 1.15. The van der Waals surface area contributed by atoms with Crippen molar-refractivity contribution in [3.05, 3.63) is 76.9 Å². The lowest BCUT2D eigenvalue weighted by molar-refractivity contribution is 0.0730. The van der Waals surface area contributed by atoms with E-state index in [0.29, 0.717) is 57.1 Å². The van der Waals surface area contributed by atoms with Crippen LogP contribution in [-0.4, -0.2) is 66.7 Å². The second-order valence-corrected chi connectivity index (χ2v) is 9.85. The van der Waals surface area contributed by atoms with Gasteiger partial charge in [-0.3, -0.25) is 9.89 Å². The van der Waals surface area contributed by atoms with Crippen molar-refractivity contribution >= 4 is 15.9 Å². The van der Waals surface area contributed by atoms with Crippen LogP contribution in [0.2, 0.25) is 0 Å². The fourth-order valence-electron chi connectivity index (χ4n) is 3.53. The number of morpholine rings is 1. The third kappa shape index (κ3) is 5.84. The molecule has 1 aromatic heterocycles. The number of aromatic amines is 1. The van der Waals surface area contributed by atoms with Crippen LogP contribution < -0.4 is 5.32 Å². The van der Waals surface area contributed by atoms with Gasteiger partial charge in [-0.25, -0.2) is 13.4 Å². The largest absolute Gasteiger partial charge is 0.379 e. The molecule has 2 heterocycles. The number of rotatable bonds is 8. The monoisotopic (exact) mass is 469 g/mol. The van der Waals surface area contributed by atoms with Gasteiger partial charge in [0.25, 0.3) is 5.91 Å². The van der Waals surface area contributed by atoms with Crippen molar-refractivity contribution in [2.24, 2.45) is 0 Å². The van der Waals surface area contributed by atoms with Gasteiger partial charge < -0.3 is 10.1 Å². The molecule has 33 heavy (non-hydrogen) atoms. The van der Waals surface area contributed by atoms with E-state index in [1.165, 1.54) is 34.1 Å². The molecule has 0 aliphatic carbocycles. The molecule has 1 aliphatic heterocycles. The van der Waals surface area contributed by atoms with Crippen molar-refractivity contribution < 1.29 is 17.9 Å². The van der Waals surface area contributed by atoms with Gasteiger partial charge in [0.15, 0.2) is 5.82 Å². The van der Waals surface area contributed by atoms with Crippen molar-refractivity contribution in [1.29, 1.82) is 0 Å². The quantitative estimate of drug-likeness (QED) is 0.519. The molecule has 174 valence electrons. The summed E-state index contributed by atoms with van der Waals surface area (Å²) in [7, 11) is -3.58. The van der Waals surface area contributed by atoms with Gasteiger partial charge in [-0.15, -0.1) is 0 Å². The molecular formula is C23H27N5O4S. The number of hydrogen-bond donors (Lipinski definition) is 2. The third-order valence-corrected chi connectivity index (χ3v) is 7.34. The maximum Gasteiger partial charge on any atom is 0.251 e. The Morgan fingerprint density at radius 3 is 2.48 bits per heavy atom. The summed E-state index contributed by atoms with van der Waals surface area (Å²) in [6, 6.07) is 14.2. The zero-order valence-corrected chi connectivity index (χ0v) is 19.3. The number of nitrogens with zero attached hydrogens (tertiary/aromatic N) is 3. The maximum absolute atomic E-state index is 12.7. The van der Waals surface area contributed by atoms with Gasteiger partial charge in [0.2, 0.25) is 10.0 Å². The van der Waals surface area contributed by atoms with Gasteiger partial charge in [-0.05, 0) is 36.8 Å². The summed E-state index contributed by atoms with van der Waals surface area (Å²) in [5.41, 5.74) is 2.75. The van der Waals surface area contributed by atoms with Crippen LogP contribution in [0.4, 0.5) is 0 Å². The molecule has 10 heteroatoms. The van der Waals surface area contributed by atoms with E-state index in [0.717, 1.165) is 11.4 Å². The molecule has 0 atom stereocenters. The van der Waals surface area contributed by atoms with E-state index in [-0.39, 0.29) is 10.8 Å². The van der Waals surface area contributed by atoms with Crippen molar-refractivity contribution in [2.45, 2.75) is 24.7 Å². The normalized spacial score (nSPS) is 14.8. The lowest BCUT2D eigenvalue weighted by Crippen LogP contribution is -2.40. The molecule has 1 amide bonds. The number of amides is 1. The molecule has 2 N–H and O–H groups in total. The number of ether oxygens (including phenoxy) is 1. The number of carbonyl (C=O) groups is 1. The molecule has 1 saturated heterocycles. The van der Waals surface area contributed by atoms with Crippen molar-refractivity contribution in [3.63, 3.8) is 0 Å². The molecule has 0 spiro atoms. The van der Waals surface area contributed by atoms with Gasteiger partial charge in [0.1, 0.15) is 5.82 Å². The summed E-state index contributed by atoms with van der Waals surface area (Å²) in [4.78, 5) is 17.1. The average Bonchev–Trinajstić information content (AvgIpc) is 3.28. The van der Waals surface area contributed by atoms with Crippen LogP contribution in [0.3, 0.4) is 0 Å². The summed E-state index contributed by atoms with van der Waals surface area (Å²) in [6.45, 7) is 3.86. The molecule has 0 saturated carbocycles. The van der Waals surface area contributed by atoms with Crippen LogP contribution in [0.1, 0.15) is 33.1 Å².